The lowest BCUT2D eigenvalue weighted by Gasteiger charge is -2.35. The third-order valence-corrected chi connectivity index (χ3v) is 5.19. The van der Waals surface area contributed by atoms with Crippen molar-refractivity contribution in [2.75, 3.05) is 13.6 Å². The molecule has 0 saturated heterocycles. The molecule has 0 amide bonds. The molecule has 1 N–H and O–H groups in total. The van der Waals surface area contributed by atoms with Crippen LogP contribution in [0, 0.1) is 5.92 Å². The summed E-state index contributed by atoms with van der Waals surface area (Å²) in [7, 11) is 2.32. The van der Waals surface area contributed by atoms with E-state index in [0.717, 1.165) is 31.6 Å². The first-order valence-corrected chi connectivity index (χ1v) is 8.24. The first kappa shape index (κ1) is 14.1. The van der Waals surface area contributed by atoms with Crippen molar-refractivity contribution in [1.29, 1.82) is 0 Å². The Labute approximate surface area is 123 Å². The molecule has 0 spiro atoms. The smallest absolute Gasteiger partial charge is 0.0236 e. The summed E-state index contributed by atoms with van der Waals surface area (Å²) >= 11 is 0. The summed E-state index contributed by atoms with van der Waals surface area (Å²) in [6.07, 6.45) is 6.80. The van der Waals surface area contributed by atoms with Gasteiger partial charge in [-0.25, -0.2) is 0 Å². The van der Waals surface area contributed by atoms with Gasteiger partial charge >= 0.3 is 0 Å². The fourth-order valence-corrected chi connectivity index (χ4v) is 3.96. The molecule has 1 saturated carbocycles. The normalized spacial score (nSPS) is 26.6. The Balaban J connectivity index is 1.71. The summed E-state index contributed by atoms with van der Waals surface area (Å²) in [6.45, 7) is 5.72. The second-order valence-electron chi connectivity index (χ2n) is 6.82. The maximum Gasteiger partial charge on any atom is 0.0236 e. The summed E-state index contributed by atoms with van der Waals surface area (Å²) < 4.78 is 0. The lowest BCUT2D eigenvalue weighted by molar-refractivity contribution is 0.157. The molecular weight excluding hydrogens is 244 g/mol. The van der Waals surface area contributed by atoms with Crippen LogP contribution in [-0.2, 0) is 19.5 Å². The van der Waals surface area contributed by atoms with Gasteiger partial charge in [0.05, 0.1) is 0 Å². The van der Waals surface area contributed by atoms with E-state index in [1.54, 1.807) is 11.1 Å². The van der Waals surface area contributed by atoms with E-state index >= 15 is 0 Å². The number of hydrogen-bond acceptors (Lipinski definition) is 2. The number of nitrogens with one attached hydrogen (secondary N) is 1. The molecule has 2 unspecified atom stereocenters. The molecule has 2 nitrogen and oxygen atoms in total. The average molecular weight is 272 g/mol. The number of fused-ring (bicyclic) bond motifs is 1. The van der Waals surface area contributed by atoms with Crippen LogP contribution in [0.5, 0.6) is 0 Å². The molecule has 1 aromatic rings. The fraction of sp³-hybridized carbons (Fsp3) is 0.667. The highest BCUT2D eigenvalue weighted by molar-refractivity contribution is 5.37. The van der Waals surface area contributed by atoms with Crippen LogP contribution < -0.4 is 5.32 Å². The largest absolute Gasteiger partial charge is 0.312 e. The Morgan fingerprint density at radius 1 is 1.30 bits per heavy atom. The Kier molecular flexibility index (Phi) is 4.42. The molecule has 20 heavy (non-hydrogen) atoms. The van der Waals surface area contributed by atoms with Gasteiger partial charge < -0.3 is 5.32 Å². The third kappa shape index (κ3) is 3.07. The summed E-state index contributed by atoms with van der Waals surface area (Å²) in [4.78, 5) is 2.60. The van der Waals surface area contributed by atoms with Crippen molar-refractivity contribution < 1.29 is 0 Å². The standard InChI is InChI=1S/C18H28N2/c1-14-5-3-8-17(11-14)20(2)13-16-7-4-6-15-12-19-10-9-18(15)16/h4,6-7,14,17,19H,3,5,8-13H2,1-2H3. The van der Waals surface area contributed by atoms with Gasteiger partial charge in [0, 0.05) is 19.1 Å². The molecular formula is C18H28N2. The number of rotatable bonds is 3. The topological polar surface area (TPSA) is 15.3 Å². The molecule has 110 valence electrons. The zero-order chi connectivity index (χ0) is 13.9. The van der Waals surface area contributed by atoms with Crippen molar-refractivity contribution in [2.45, 2.75) is 58.2 Å². The molecule has 2 heteroatoms. The number of hydrogen-bond donors (Lipinski definition) is 1. The van der Waals surface area contributed by atoms with Gasteiger partial charge in [-0.2, -0.15) is 0 Å². The van der Waals surface area contributed by atoms with Crippen molar-refractivity contribution in [2.24, 2.45) is 5.92 Å². The SMILES string of the molecule is CC1CCCC(N(C)Cc2cccc3c2CCNC3)C1. The van der Waals surface area contributed by atoms with Gasteiger partial charge in [0.2, 0.25) is 0 Å². The zero-order valence-corrected chi connectivity index (χ0v) is 13.0. The van der Waals surface area contributed by atoms with Crippen LogP contribution in [0.15, 0.2) is 18.2 Å². The second-order valence-corrected chi connectivity index (χ2v) is 6.82. The molecule has 0 aromatic heterocycles. The van der Waals surface area contributed by atoms with Gasteiger partial charge in [-0.3, -0.25) is 4.90 Å². The van der Waals surface area contributed by atoms with Crippen molar-refractivity contribution in [3.8, 4) is 0 Å². The minimum Gasteiger partial charge on any atom is -0.312 e. The average Bonchev–Trinajstić information content (AvgIpc) is 2.47. The Bertz CT molecular complexity index is 455. The molecule has 0 radical (unpaired) electrons. The Morgan fingerprint density at radius 3 is 3.05 bits per heavy atom. The maximum atomic E-state index is 3.48. The highest BCUT2D eigenvalue weighted by atomic mass is 15.1. The molecule has 1 aliphatic carbocycles. The van der Waals surface area contributed by atoms with Gasteiger partial charge in [0.25, 0.3) is 0 Å². The van der Waals surface area contributed by atoms with Crippen molar-refractivity contribution in [1.82, 2.24) is 10.2 Å². The van der Waals surface area contributed by atoms with E-state index in [0.29, 0.717) is 0 Å². The highest BCUT2D eigenvalue weighted by Crippen LogP contribution is 2.28. The summed E-state index contributed by atoms with van der Waals surface area (Å²) in [5, 5.41) is 3.48. The summed E-state index contributed by atoms with van der Waals surface area (Å²) in [6, 6.07) is 7.65. The minimum absolute atomic E-state index is 0.788. The van der Waals surface area contributed by atoms with Gasteiger partial charge in [0.1, 0.15) is 0 Å². The Morgan fingerprint density at radius 2 is 2.20 bits per heavy atom. The van der Waals surface area contributed by atoms with E-state index in [4.69, 9.17) is 0 Å². The van der Waals surface area contributed by atoms with Crippen LogP contribution in [0.2, 0.25) is 0 Å². The fourth-order valence-electron chi connectivity index (χ4n) is 3.96. The summed E-state index contributed by atoms with van der Waals surface area (Å²) in [5.41, 5.74) is 4.69. The monoisotopic (exact) mass is 272 g/mol. The van der Waals surface area contributed by atoms with E-state index in [9.17, 15) is 0 Å². The Hall–Kier alpha value is -0.860. The van der Waals surface area contributed by atoms with E-state index in [1.165, 1.54) is 37.7 Å². The van der Waals surface area contributed by atoms with Crippen LogP contribution in [0.1, 0.15) is 49.3 Å². The quantitative estimate of drug-likeness (QED) is 0.908. The van der Waals surface area contributed by atoms with Crippen LogP contribution in [0.4, 0.5) is 0 Å². The highest BCUT2D eigenvalue weighted by Gasteiger charge is 2.23. The van der Waals surface area contributed by atoms with Gasteiger partial charge in [-0.15, -0.1) is 0 Å². The minimum atomic E-state index is 0.788. The van der Waals surface area contributed by atoms with Crippen LogP contribution in [-0.4, -0.2) is 24.5 Å². The van der Waals surface area contributed by atoms with Crippen LogP contribution in [0.3, 0.4) is 0 Å². The zero-order valence-electron chi connectivity index (χ0n) is 13.0. The van der Waals surface area contributed by atoms with Crippen molar-refractivity contribution in [3.05, 3.63) is 34.9 Å². The van der Waals surface area contributed by atoms with Gasteiger partial charge in [0.15, 0.2) is 0 Å². The lowest BCUT2D eigenvalue weighted by Crippen LogP contribution is -2.35. The van der Waals surface area contributed by atoms with Crippen molar-refractivity contribution in [3.63, 3.8) is 0 Å². The van der Waals surface area contributed by atoms with E-state index in [2.05, 4.69) is 42.4 Å². The van der Waals surface area contributed by atoms with Gasteiger partial charge in [-0.05, 0) is 55.5 Å². The van der Waals surface area contributed by atoms with Crippen LogP contribution >= 0.6 is 0 Å². The molecule has 2 atom stereocenters. The molecule has 1 aromatic carbocycles. The van der Waals surface area contributed by atoms with E-state index in [-0.39, 0.29) is 0 Å². The van der Waals surface area contributed by atoms with E-state index in [1.807, 2.05) is 0 Å². The van der Waals surface area contributed by atoms with Crippen LogP contribution in [0.25, 0.3) is 0 Å². The van der Waals surface area contributed by atoms with Crippen molar-refractivity contribution >= 4 is 0 Å². The predicted molar refractivity (Wildman–Crippen MR) is 84.7 cm³/mol. The maximum absolute atomic E-state index is 3.48. The second kappa shape index (κ2) is 6.28. The first-order chi connectivity index (χ1) is 9.74. The number of benzene rings is 1. The third-order valence-electron chi connectivity index (χ3n) is 5.19. The molecule has 3 rings (SSSR count). The molecule has 0 bridgehead atoms. The molecule has 1 heterocycles. The van der Waals surface area contributed by atoms with Gasteiger partial charge in [-0.1, -0.05) is 38.0 Å². The predicted octanol–water partition coefficient (Wildman–Crippen LogP) is 3.34. The number of nitrogens with zero attached hydrogens (tertiary/aromatic N) is 1. The van der Waals surface area contributed by atoms with E-state index < -0.39 is 0 Å². The lowest BCUT2D eigenvalue weighted by atomic mass is 9.86. The first-order valence-electron chi connectivity index (χ1n) is 8.24. The summed E-state index contributed by atoms with van der Waals surface area (Å²) in [5.74, 6) is 0.907. The molecule has 1 aliphatic heterocycles. The molecule has 2 aliphatic rings. The molecule has 1 fully saturated rings.